The van der Waals surface area contributed by atoms with E-state index in [1.54, 1.807) is 11.3 Å². The fraction of sp³-hybridized carbons (Fsp3) is 0.692. The molecule has 0 radical (unpaired) electrons. The number of aliphatic carboxylic acids is 1. The fourth-order valence-corrected chi connectivity index (χ4v) is 4.90. The van der Waals surface area contributed by atoms with Gasteiger partial charge in [-0.15, -0.1) is 11.3 Å². The number of carbonyl (C=O) groups is 1. The molecule has 1 aliphatic carbocycles. The van der Waals surface area contributed by atoms with Gasteiger partial charge in [0.25, 0.3) is 0 Å². The summed E-state index contributed by atoms with van der Waals surface area (Å²) in [5.74, 6) is -2.22. The SMILES string of the molecule is Cc1nc2c(s1)C(N(C)CCS(=O)(=O)CC(=O)O)CCC2. The number of rotatable bonds is 6. The molecule has 2 rings (SSSR count). The van der Waals surface area contributed by atoms with Gasteiger partial charge in [0.1, 0.15) is 5.75 Å². The van der Waals surface area contributed by atoms with E-state index in [0.29, 0.717) is 6.54 Å². The predicted octanol–water partition coefficient (Wildman–Crippen LogP) is 1.26. The maximum absolute atomic E-state index is 11.7. The van der Waals surface area contributed by atoms with Crippen LogP contribution < -0.4 is 0 Å². The van der Waals surface area contributed by atoms with Gasteiger partial charge in [-0.1, -0.05) is 0 Å². The number of thiazole rings is 1. The Bertz CT molecular complexity index is 624. The number of aryl methyl sites for hydroxylation is 2. The van der Waals surface area contributed by atoms with Crippen molar-refractivity contribution in [3.05, 3.63) is 15.6 Å². The number of sulfone groups is 1. The van der Waals surface area contributed by atoms with E-state index in [-0.39, 0.29) is 11.8 Å². The number of hydrogen-bond donors (Lipinski definition) is 1. The zero-order chi connectivity index (χ0) is 15.6. The van der Waals surface area contributed by atoms with Crippen LogP contribution in [0.1, 0.15) is 34.5 Å². The summed E-state index contributed by atoms with van der Waals surface area (Å²) in [4.78, 5) is 18.3. The summed E-state index contributed by atoms with van der Waals surface area (Å²) in [6.07, 6.45) is 3.03. The van der Waals surface area contributed by atoms with Crippen LogP contribution in [0, 0.1) is 6.92 Å². The molecule has 0 amide bonds. The van der Waals surface area contributed by atoms with E-state index in [1.807, 2.05) is 18.9 Å². The molecule has 0 spiro atoms. The molecule has 21 heavy (non-hydrogen) atoms. The first-order valence-electron chi connectivity index (χ1n) is 6.87. The van der Waals surface area contributed by atoms with Crippen LogP contribution in [-0.2, 0) is 21.1 Å². The molecule has 1 aliphatic rings. The molecule has 0 saturated heterocycles. The monoisotopic (exact) mass is 332 g/mol. The van der Waals surface area contributed by atoms with Crippen LogP contribution in [0.25, 0.3) is 0 Å². The summed E-state index contributed by atoms with van der Waals surface area (Å²) in [6, 6.07) is 0.194. The molecule has 1 atom stereocenters. The molecule has 118 valence electrons. The van der Waals surface area contributed by atoms with Crippen LogP contribution >= 0.6 is 11.3 Å². The van der Waals surface area contributed by atoms with Crippen LogP contribution in [0.15, 0.2) is 0 Å². The minimum atomic E-state index is -3.54. The van der Waals surface area contributed by atoms with Gasteiger partial charge in [0.2, 0.25) is 0 Å². The molecular formula is C13H20N2O4S2. The number of fused-ring (bicyclic) bond motifs is 1. The van der Waals surface area contributed by atoms with Gasteiger partial charge in [0, 0.05) is 17.5 Å². The highest BCUT2D eigenvalue weighted by Gasteiger charge is 2.28. The van der Waals surface area contributed by atoms with E-state index in [1.165, 1.54) is 4.88 Å². The number of carboxylic acid groups (broad SMARTS) is 1. The van der Waals surface area contributed by atoms with Crippen LogP contribution in [0.3, 0.4) is 0 Å². The molecule has 1 heterocycles. The van der Waals surface area contributed by atoms with Crippen molar-refractivity contribution in [1.82, 2.24) is 9.88 Å². The minimum absolute atomic E-state index is 0.126. The zero-order valence-electron chi connectivity index (χ0n) is 12.2. The van der Waals surface area contributed by atoms with Crippen molar-refractivity contribution in [2.24, 2.45) is 0 Å². The highest BCUT2D eigenvalue weighted by molar-refractivity contribution is 7.92. The average Bonchev–Trinajstić information content (AvgIpc) is 2.74. The molecule has 8 heteroatoms. The van der Waals surface area contributed by atoms with Gasteiger partial charge in [0.15, 0.2) is 9.84 Å². The van der Waals surface area contributed by atoms with Gasteiger partial charge >= 0.3 is 5.97 Å². The van der Waals surface area contributed by atoms with E-state index >= 15 is 0 Å². The second-order valence-corrected chi connectivity index (χ2v) is 8.84. The maximum atomic E-state index is 11.7. The number of nitrogens with zero attached hydrogens (tertiary/aromatic N) is 2. The summed E-state index contributed by atoms with van der Waals surface area (Å²) in [5.41, 5.74) is 1.13. The van der Waals surface area contributed by atoms with Gasteiger partial charge in [-0.05, 0) is 33.2 Å². The molecule has 0 fully saturated rings. The minimum Gasteiger partial charge on any atom is -0.480 e. The van der Waals surface area contributed by atoms with Crippen molar-refractivity contribution in [1.29, 1.82) is 0 Å². The molecular weight excluding hydrogens is 312 g/mol. The van der Waals surface area contributed by atoms with Gasteiger partial charge in [-0.3, -0.25) is 9.69 Å². The van der Waals surface area contributed by atoms with Crippen LogP contribution in [0.2, 0.25) is 0 Å². The number of carboxylic acids is 1. The summed E-state index contributed by atoms with van der Waals surface area (Å²) >= 11 is 1.67. The molecule has 1 aromatic rings. The van der Waals surface area contributed by atoms with Gasteiger partial charge in [-0.2, -0.15) is 0 Å². The molecule has 1 N–H and O–H groups in total. The van der Waals surface area contributed by atoms with Crippen LogP contribution in [-0.4, -0.2) is 54.5 Å². The third-order valence-electron chi connectivity index (χ3n) is 3.66. The quantitative estimate of drug-likeness (QED) is 0.844. The molecule has 0 aromatic carbocycles. The van der Waals surface area contributed by atoms with E-state index < -0.39 is 21.6 Å². The third-order valence-corrected chi connectivity index (χ3v) is 6.26. The first kappa shape index (κ1) is 16.4. The topological polar surface area (TPSA) is 87.6 Å². The van der Waals surface area contributed by atoms with Crippen molar-refractivity contribution in [3.8, 4) is 0 Å². The average molecular weight is 332 g/mol. The van der Waals surface area contributed by atoms with Crippen LogP contribution in [0.4, 0.5) is 0 Å². The summed E-state index contributed by atoms with van der Waals surface area (Å²) in [5, 5.41) is 9.64. The largest absolute Gasteiger partial charge is 0.480 e. The molecule has 0 saturated carbocycles. The standard InChI is InChI=1S/C13H20N2O4S2/c1-9-14-10-4-3-5-11(13(10)20-9)15(2)6-7-21(18,19)8-12(16)17/h11H,3-8H2,1-2H3,(H,16,17). The summed E-state index contributed by atoms with van der Waals surface area (Å²) in [6.45, 7) is 2.33. The van der Waals surface area contributed by atoms with Crippen molar-refractivity contribution < 1.29 is 18.3 Å². The van der Waals surface area contributed by atoms with E-state index in [4.69, 9.17) is 5.11 Å². The molecule has 0 bridgehead atoms. The fourth-order valence-electron chi connectivity index (χ4n) is 2.64. The van der Waals surface area contributed by atoms with Crippen molar-refractivity contribution in [2.75, 3.05) is 25.1 Å². The number of aromatic nitrogens is 1. The first-order chi connectivity index (χ1) is 9.78. The Kier molecular flexibility index (Phi) is 5.00. The Morgan fingerprint density at radius 2 is 2.24 bits per heavy atom. The van der Waals surface area contributed by atoms with Gasteiger partial charge in [0.05, 0.1) is 16.5 Å². The predicted molar refractivity (Wildman–Crippen MR) is 81.4 cm³/mol. The van der Waals surface area contributed by atoms with Crippen molar-refractivity contribution in [2.45, 2.75) is 32.2 Å². The highest BCUT2D eigenvalue weighted by Crippen LogP contribution is 2.37. The Morgan fingerprint density at radius 1 is 1.52 bits per heavy atom. The second-order valence-electron chi connectivity index (χ2n) is 5.42. The Balaban J connectivity index is 2.02. The maximum Gasteiger partial charge on any atom is 0.318 e. The van der Waals surface area contributed by atoms with Gasteiger partial charge in [-0.25, -0.2) is 13.4 Å². The zero-order valence-corrected chi connectivity index (χ0v) is 13.8. The Morgan fingerprint density at radius 3 is 2.90 bits per heavy atom. The van der Waals surface area contributed by atoms with Crippen LogP contribution in [0.5, 0.6) is 0 Å². The Labute approximate surface area is 128 Å². The number of hydrogen-bond acceptors (Lipinski definition) is 6. The van der Waals surface area contributed by atoms with E-state index in [2.05, 4.69) is 4.98 Å². The van der Waals surface area contributed by atoms with E-state index in [0.717, 1.165) is 30.0 Å². The molecule has 1 aromatic heterocycles. The third kappa shape index (κ3) is 4.24. The lowest BCUT2D eigenvalue weighted by Crippen LogP contribution is -2.32. The molecule has 6 nitrogen and oxygen atoms in total. The normalized spacial score (nSPS) is 18.7. The van der Waals surface area contributed by atoms with Gasteiger partial charge < -0.3 is 5.11 Å². The summed E-state index contributed by atoms with van der Waals surface area (Å²) < 4.78 is 23.3. The Hall–Kier alpha value is -0.990. The van der Waals surface area contributed by atoms with Crippen molar-refractivity contribution >= 4 is 27.1 Å². The highest BCUT2D eigenvalue weighted by atomic mass is 32.2. The lowest BCUT2D eigenvalue weighted by atomic mass is 9.97. The van der Waals surface area contributed by atoms with E-state index in [9.17, 15) is 13.2 Å². The second kappa shape index (κ2) is 6.41. The molecule has 0 aliphatic heterocycles. The van der Waals surface area contributed by atoms with Crippen molar-refractivity contribution in [3.63, 3.8) is 0 Å². The molecule has 1 unspecified atom stereocenters. The smallest absolute Gasteiger partial charge is 0.318 e. The summed E-state index contributed by atoms with van der Waals surface area (Å²) in [7, 11) is -1.65. The lowest BCUT2D eigenvalue weighted by molar-refractivity contribution is -0.134. The lowest BCUT2D eigenvalue weighted by Gasteiger charge is -2.30. The first-order valence-corrected chi connectivity index (χ1v) is 9.51.